The molecule has 4 nitrogen and oxygen atoms in total. The van der Waals surface area contributed by atoms with Gasteiger partial charge in [0.05, 0.1) is 11.4 Å². The molecule has 0 radical (unpaired) electrons. The summed E-state index contributed by atoms with van der Waals surface area (Å²) in [4.78, 5) is 25.5. The van der Waals surface area contributed by atoms with E-state index >= 15 is 0 Å². The van der Waals surface area contributed by atoms with Crippen molar-refractivity contribution in [3.8, 4) is 0 Å². The number of rotatable bonds is 5. The Morgan fingerprint density at radius 3 is 2.54 bits per heavy atom. The Hall–Kier alpha value is -2.21. The van der Waals surface area contributed by atoms with Crippen LogP contribution in [0.3, 0.4) is 0 Å². The Kier molecular flexibility index (Phi) is 6.09. The molecule has 0 spiro atoms. The lowest BCUT2D eigenvalue weighted by Gasteiger charge is -2.22. The number of carbonyl (C=O) groups is 2. The first-order valence-corrected chi connectivity index (χ1v) is 8.26. The van der Waals surface area contributed by atoms with Crippen LogP contribution >= 0.6 is 15.9 Å². The second-order valence-corrected chi connectivity index (χ2v) is 6.26. The van der Waals surface area contributed by atoms with E-state index in [1.165, 1.54) is 24.0 Å². The Morgan fingerprint density at radius 1 is 1.21 bits per heavy atom. The van der Waals surface area contributed by atoms with Gasteiger partial charge in [0.25, 0.3) is 0 Å². The van der Waals surface area contributed by atoms with Gasteiger partial charge in [0, 0.05) is 24.4 Å². The van der Waals surface area contributed by atoms with Crippen molar-refractivity contribution >= 4 is 39.1 Å². The number of benzene rings is 2. The number of hydrogen-bond acceptors (Lipinski definition) is 2. The molecule has 2 amide bonds. The molecule has 0 atom stereocenters. The predicted octanol–water partition coefficient (Wildman–Crippen LogP) is 4.28. The minimum Gasteiger partial charge on any atom is -0.324 e. The third kappa shape index (κ3) is 4.64. The van der Waals surface area contributed by atoms with Gasteiger partial charge in [0.1, 0.15) is 5.82 Å². The van der Waals surface area contributed by atoms with Crippen LogP contribution in [-0.2, 0) is 9.59 Å². The molecular formula is C18H18BrFN2O2. The number of halogens is 2. The Labute approximate surface area is 148 Å². The van der Waals surface area contributed by atoms with Crippen LogP contribution in [0.5, 0.6) is 0 Å². The van der Waals surface area contributed by atoms with E-state index in [0.717, 1.165) is 10.0 Å². The number of hydrogen-bond donors (Lipinski definition) is 1. The fourth-order valence-corrected chi connectivity index (χ4v) is 2.97. The zero-order valence-electron chi connectivity index (χ0n) is 13.5. The lowest BCUT2D eigenvalue weighted by molar-refractivity contribution is -0.117. The Bertz CT molecular complexity index is 764. The number of nitrogens with zero attached hydrogens (tertiary/aromatic N) is 1. The molecule has 0 unspecified atom stereocenters. The number of anilines is 2. The Morgan fingerprint density at radius 2 is 1.92 bits per heavy atom. The average molecular weight is 393 g/mol. The van der Waals surface area contributed by atoms with Crippen molar-refractivity contribution in [3.63, 3.8) is 0 Å². The standard InChI is InChI=1S/C18H18BrFN2O2/c1-12-7-8-17(14(19)11-12)22(13(2)23)10-9-18(24)21-16-6-4-3-5-15(16)20/h3-8,11H,9-10H2,1-2H3,(H,21,24). The smallest absolute Gasteiger partial charge is 0.226 e. The summed E-state index contributed by atoms with van der Waals surface area (Å²) < 4.78 is 14.3. The van der Waals surface area contributed by atoms with Gasteiger partial charge in [-0.1, -0.05) is 18.2 Å². The third-order valence-electron chi connectivity index (χ3n) is 3.48. The van der Waals surface area contributed by atoms with Crippen LogP contribution in [0.25, 0.3) is 0 Å². The molecule has 0 saturated carbocycles. The van der Waals surface area contributed by atoms with Gasteiger partial charge in [-0.3, -0.25) is 9.59 Å². The molecule has 2 aromatic rings. The quantitative estimate of drug-likeness (QED) is 0.825. The van der Waals surface area contributed by atoms with Gasteiger partial charge in [0.2, 0.25) is 11.8 Å². The molecule has 0 aliphatic heterocycles. The second-order valence-electron chi connectivity index (χ2n) is 5.40. The van der Waals surface area contributed by atoms with Gasteiger partial charge in [-0.25, -0.2) is 4.39 Å². The Balaban J connectivity index is 2.05. The summed E-state index contributed by atoms with van der Waals surface area (Å²) in [6.45, 7) is 3.60. The van der Waals surface area contributed by atoms with E-state index in [0.29, 0.717) is 5.69 Å². The van der Waals surface area contributed by atoms with Crippen molar-refractivity contribution in [2.75, 3.05) is 16.8 Å². The molecule has 0 bridgehead atoms. The molecule has 0 aliphatic carbocycles. The maximum atomic E-state index is 13.5. The fourth-order valence-electron chi connectivity index (χ4n) is 2.27. The predicted molar refractivity (Wildman–Crippen MR) is 96.6 cm³/mol. The minimum atomic E-state index is -0.490. The molecule has 2 rings (SSSR count). The molecule has 0 saturated heterocycles. The molecule has 126 valence electrons. The highest BCUT2D eigenvalue weighted by molar-refractivity contribution is 9.10. The highest BCUT2D eigenvalue weighted by atomic mass is 79.9. The van der Waals surface area contributed by atoms with Gasteiger partial charge < -0.3 is 10.2 Å². The van der Waals surface area contributed by atoms with E-state index in [1.54, 1.807) is 12.1 Å². The van der Waals surface area contributed by atoms with Crippen LogP contribution in [-0.4, -0.2) is 18.4 Å². The normalized spacial score (nSPS) is 10.3. The molecule has 0 aromatic heterocycles. The van der Waals surface area contributed by atoms with E-state index in [-0.39, 0.29) is 30.5 Å². The third-order valence-corrected chi connectivity index (χ3v) is 4.12. The number of aryl methyl sites for hydroxylation is 1. The van der Waals surface area contributed by atoms with Crippen LogP contribution in [0, 0.1) is 12.7 Å². The molecule has 24 heavy (non-hydrogen) atoms. The summed E-state index contributed by atoms with van der Waals surface area (Å²) in [7, 11) is 0. The maximum absolute atomic E-state index is 13.5. The van der Waals surface area contributed by atoms with Gasteiger partial charge in [-0.05, 0) is 52.7 Å². The van der Waals surface area contributed by atoms with Crippen molar-refractivity contribution in [1.29, 1.82) is 0 Å². The van der Waals surface area contributed by atoms with Crippen LogP contribution in [0.1, 0.15) is 18.9 Å². The van der Waals surface area contributed by atoms with Crippen LogP contribution < -0.4 is 10.2 Å². The van der Waals surface area contributed by atoms with Gasteiger partial charge in [-0.15, -0.1) is 0 Å². The van der Waals surface area contributed by atoms with Gasteiger partial charge in [-0.2, -0.15) is 0 Å². The van der Waals surface area contributed by atoms with E-state index in [4.69, 9.17) is 0 Å². The number of carbonyl (C=O) groups excluding carboxylic acids is 2. The van der Waals surface area contributed by atoms with Crippen molar-refractivity contribution < 1.29 is 14.0 Å². The summed E-state index contributed by atoms with van der Waals surface area (Å²) >= 11 is 3.44. The van der Waals surface area contributed by atoms with Crippen LogP contribution in [0.4, 0.5) is 15.8 Å². The number of nitrogens with one attached hydrogen (secondary N) is 1. The maximum Gasteiger partial charge on any atom is 0.226 e. The summed E-state index contributed by atoms with van der Waals surface area (Å²) in [5, 5.41) is 2.52. The van der Waals surface area contributed by atoms with Crippen LogP contribution in [0.2, 0.25) is 0 Å². The first kappa shape index (κ1) is 18.1. The average Bonchev–Trinajstić information content (AvgIpc) is 2.51. The largest absolute Gasteiger partial charge is 0.324 e. The summed E-state index contributed by atoms with van der Waals surface area (Å²) in [6, 6.07) is 11.6. The topological polar surface area (TPSA) is 49.4 Å². The fraction of sp³-hybridized carbons (Fsp3) is 0.222. The van der Waals surface area contributed by atoms with E-state index in [9.17, 15) is 14.0 Å². The monoisotopic (exact) mass is 392 g/mol. The molecular weight excluding hydrogens is 375 g/mol. The summed E-state index contributed by atoms with van der Waals surface area (Å²) in [5.74, 6) is -1.01. The zero-order chi connectivity index (χ0) is 17.7. The van der Waals surface area contributed by atoms with Gasteiger partial charge >= 0.3 is 0 Å². The second kappa shape index (κ2) is 8.06. The summed E-state index contributed by atoms with van der Waals surface area (Å²) in [6.07, 6.45) is 0.0637. The molecule has 6 heteroatoms. The van der Waals surface area contributed by atoms with E-state index < -0.39 is 5.82 Å². The molecule has 1 N–H and O–H groups in total. The molecule has 0 fully saturated rings. The van der Waals surface area contributed by atoms with Crippen molar-refractivity contribution in [2.24, 2.45) is 0 Å². The first-order chi connectivity index (χ1) is 11.4. The summed E-state index contributed by atoms with van der Waals surface area (Å²) in [5.41, 5.74) is 1.90. The van der Waals surface area contributed by atoms with Gasteiger partial charge in [0.15, 0.2) is 0 Å². The van der Waals surface area contributed by atoms with Crippen molar-refractivity contribution in [1.82, 2.24) is 0 Å². The first-order valence-electron chi connectivity index (χ1n) is 7.47. The van der Waals surface area contributed by atoms with E-state index in [2.05, 4.69) is 21.2 Å². The van der Waals surface area contributed by atoms with Crippen molar-refractivity contribution in [3.05, 3.63) is 58.3 Å². The van der Waals surface area contributed by atoms with Crippen molar-refractivity contribution in [2.45, 2.75) is 20.3 Å². The number of para-hydroxylation sites is 1. The molecule has 0 heterocycles. The lowest BCUT2D eigenvalue weighted by Crippen LogP contribution is -2.32. The molecule has 2 aromatic carbocycles. The highest BCUT2D eigenvalue weighted by Crippen LogP contribution is 2.27. The van der Waals surface area contributed by atoms with Crippen LogP contribution in [0.15, 0.2) is 46.9 Å². The molecule has 0 aliphatic rings. The lowest BCUT2D eigenvalue weighted by atomic mass is 10.2. The van der Waals surface area contributed by atoms with E-state index in [1.807, 2.05) is 25.1 Å². The zero-order valence-corrected chi connectivity index (χ0v) is 15.1. The highest BCUT2D eigenvalue weighted by Gasteiger charge is 2.16. The minimum absolute atomic E-state index is 0.0637. The SMILES string of the molecule is CC(=O)N(CCC(=O)Nc1ccccc1F)c1ccc(C)cc1Br. The number of amides is 2.